The van der Waals surface area contributed by atoms with E-state index in [9.17, 15) is 0 Å². The molecule has 0 saturated carbocycles. The molecule has 0 aromatic carbocycles. The summed E-state index contributed by atoms with van der Waals surface area (Å²) in [5.74, 6) is 0.634. The van der Waals surface area contributed by atoms with Crippen molar-refractivity contribution in [3.05, 3.63) is 22.9 Å². The summed E-state index contributed by atoms with van der Waals surface area (Å²) in [6, 6.07) is 0. The van der Waals surface area contributed by atoms with Crippen molar-refractivity contribution in [1.29, 1.82) is 0 Å². The SMILES string of the molecule is C=NNC1=C(C)CCC(C(C)C)=C1. The predicted molar refractivity (Wildman–Crippen MR) is 57.5 cm³/mol. The lowest BCUT2D eigenvalue weighted by Crippen LogP contribution is -2.11. The topological polar surface area (TPSA) is 24.4 Å². The Labute approximate surface area is 80.4 Å². The minimum absolute atomic E-state index is 0.634. The molecule has 0 atom stereocenters. The summed E-state index contributed by atoms with van der Waals surface area (Å²) < 4.78 is 0. The van der Waals surface area contributed by atoms with E-state index < -0.39 is 0 Å². The van der Waals surface area contributed by atoms with Gasteiger partial charge in [0.05, 0.1) is 5.70 Å². The van der Waals surface area contributed by atoms with Gasteiger partial charge in [-0.25, -0.2) is 0 Å². The molecule has 1 aliphatic carbocycles. The van der Waals surface area contributed by atoms with Gasteiger partial charge in [0.25, 0.3) is 0 Å². The summed E-state index contributed by atoms with van der Waals surface area (Å²) in [7, 11) is 0. The Balaban J connectivity index is 2.84. The van der Waals surface area contributed by atoms with Crippen molar-refractivity contribution in [2.24, 2.45) is 11.0 Å². The molecule has 13 heavy (non-hydrogen) atoms. The van der Waals surface area contributed by atoms with Crippen molar-refractivity contribution in [3.8, 4) is 0 Å². The van der Waals surface area contributed by atoms with E-state index in [1.54, 1.807) is 0 Å². The lowest BCUT2D eigenvalue weighted by atomic mass is 9.90. The Morgan fingerprint density at radius 1 is 1.46 bits per heavy atom. The molecule has 0 aromatic heterocycles. The molecule has 0 fully saturated rings. The molecule has 0 aromatic rings. The maximum Gasteiger partial charge on any atom is 0.0550 e. The number of nitrogens with zero attached hydrogens (tertiary/aromatic N) is 1. The molecule has 0 bridgehead atoms. The third kappa shape index (κ3) is 2.44. The van der Waals surface area contributed by atoms with Gasteiger partial charge in [-0.15, -0.1) is 0 Å². The fourth-order valence-electron chi connectivity index (χ4n) is 1.52. The first-order chi connectivity index (χ1) is 6.15. The molecule has 2 nitrogen and oxygen atoms in total. The monoisotopic (exact) mass is 178 g/mol. The van der Waals surface area contributed by atoms with E-state index in [2.05, 4.69) is 44.1 Å². The number of hydrazone groups is 1. The third-order valence-electron chi connectivity index (χ3n) is 2.52. The minimum Gasteiger partial charge on any atom is -0.279 e. The van der Waals surface area contributed by atoms with E-state index in [4.69, 9.17) is 0 Å². The van der Waals surface area contributed by atoms with Crippen LogP contribution in [0.2, 0.25) is 0 Å². The van der Waals surface area contributed by atoms with Crippen molar-refractivity contribution in [2.75, 3.05) is 0 Å². The van der Waals surface area contributed by atoms with Gasteiger partial charge in [0.1, 0.15) is 0 Å². The fraction of sp³-hybridized carbons (Fsp3) is 0.545. The average molecular weight is 178 g/mol. The molecule has 0 heterocycles. The van der Waals surface area contributed by atoms with Crippen LogP contribution in [0.3, 0.4) is 0 Å². The minimum atomic E-state index is 0.634. The van der Waals surface area contributed by atoms with Crippen molar-refractivity contribution in [2.45, 2.75) is 33.6 Å². The lowest BCUT2D eigenvalue weighted by molar-refractivity contribution is 0.684. The molecule has 0 radical (unpaired) electrons. The first-order valence-corrected chi connectivity index (χ1v) is 4.77. The Kier molecular flexibility index (Phi) is 3.29. The number of nitrogens with one attached hydrogen (secondary N) is 1. The number of allylic oxidation sites excluding steroid dienone is 3. The van der Waals surface area contributed by atoms with Crippen LogP contribution in [0.5, 0.6) is 0 Å². The second kappa shape index (κ2) is 4.26. The van der Waals surface area contributed by atoms with Crippen LogP contribution in [0.15, 0.2) is 28.0 Å². The maximum absolute atomic E-state index is 3.70. The van der Waals surface area contributed by atoms with Crippen LogP contribution in [0.25, 0.3) is 0 Å². The molecule has 0 saturated heterocycles. The van der Waals surface area contributed by atoms with Gasteiger partial charge in [-0.05, 0) is 37.3 Å². The maximum atomic E-state index is 3.70. The molecule has 0 aliphatic heterocycles. The standard InChI is InChI=1S/C11H18N2/c1-8(2)10-6-5-9(3)11(7-10)13-12-4/h7-8,13H,4-6H2,1-3H3. The van der Waals surface area contributed by atoms with Crippen LogP contribution in [0.1, 0.15) is 33.6 Å². The highest BCUT2D eigenvalue weighted by Gasteiger charge is 2.11. The van der Waals surface area contributed by atoms with Crippen molar-refractivity contribution < 1.29 is 0 Å². The zero-order chi connectivity index (χ0) is 9.84. The van der Waals surface area contributed by atoms with Crippen LogP contribution < -0.4 is 5.43 Å². The third-order valence-corrected chi connectivity index (χ3v) is 2.52. The quantitative estimate of drug-likeness (QED) is 0.521. The average Bonchev–Trinajstić information content (AvgIpc) is 2.08. The predicted octanol–water partition coefficient (Wildman–Crippen LogP) is 2.84. The Morgan fingerprint density at radius 2 is 2.15 bits per heavy atom. The Hall–Kier alpha value is -1.05. The number of hydrogen-bond donors (Lipinski definition) is 1. The van der Waals surface area contributed by atoms with Gasteiger partial charge < -0.3 is 0 Å². The highest BCUT2D eigenvalue weighted by molar-refractivity contribution is 5.33. The van der Waals surface area contributed by atoms with E-state index in [1.165, 1.54) is 17.6 Å². The van der Waals surface area contributed by atoms with E-state index in [-0.39, 0.29) is 0 Å². The zero-order valence-corrected chi connectivity index (χ0v) is 8.72. The van der Waals surface area contributed by atoms with Gasteiger partial charge in [-0.1, -0.05) is 19.4 Å². The molecule has 0 spiro atoms. The number of rotatable bonds is 3. The zero-order valence-electron chi connectivity index (χ0n) is 8.72. The molecule has 1 rings (SSSR count). The normalized spacial score (nSPS) is 17.4. The van der Waals surface area contributed by atoms with Gasteiger partial charge in [-0.3, -0.25) is 5.43 Å². The van der Waals surface area contributed by atoms with Crippen molar-refractivity contribution >= 4 is 6.72 Å². The van der Waals surface area contributed by atoms with Crippen molar-refractivity contribution in [1.82, 2.24) is 5.43 Å². The largest absolute Gasteiger partial charge is 0.279 e. The van der Waals surface area contributed by atoms with Gasteiger partial charge in [0, 0.05) is 6.72 Å². The molecule has 1 N–H and O–H groups in total. The summed E-state index contributed by atoms with van der Waals surface area (Å²) in [5, 5.41) is 3.70. The summed E-state index contributed by atoms with van der Waals surface area (Å²) in [6.07, 6.45) is 4.53. The van der Waals surface area contributed by atoms with Gasteiger partial charge >= 0.3 is 0 Å². The first-order valence-electron chi connectivity index (χ1n) is 4.77. The van der Waals surface area contributed by atoms with E-state index in [0.29, 0.717) is 5.92 Å². The van der Waals surface area contributed by atoms with Gasteiger partial charge in [0.15, 0.2) is 0 Å². The van der Waals surface area contributed by atoms with Gasteiger partial charge in [0.2, 0.25) is 0 Å². The molecule has 0 amide bonds. The first kappa shape index (κ1) is 10.0. The van der Waals surface area contributed by atoms with E-state index in [1.807, 2.05) is 0 Å². The summed E-state index contributed by atoms with van der Waals surface area (Å²) >= 11 is 0. The van der Waals surface area contributed by atoms with Gasteiger partial charge in [-0.2, -0.15) is 5.10 Å². The second-order valence-electron chi connectivity index (χ2n) is 3.84. The van der Waals surface area contributed by atoms with E-state index in [0.717, 1.165) is 12.1 Å². The van der Waals surface area contributed by atoms with Crippen LogP contribution >= 0.6 is 0 Å². The summed E-state index contributed by atoms with van der Waals surface area (Å²) in [4.78, 5) is 0. The smallest absolute Gasteiger partial charge is 0.0550 e. The molecule has 2 heteroatoms. The molecule has 0 unspecified atom stereocenters. The molecular weight excluding hydrogens is 160 g/mol. The second-order valence-corrected chi connectivity index (χ2v) is 3.84. The highest BCUT2D eigenvalue weighted by Crippen LogP contribution is 2.26. The fourth-order valence-corrected chi connectivity index (χ4v) is 1.52. The van der Waals surface area contributed by atoms with Crippen LogP contribution in [-0.4, -0.2) is 6.72 Å². The number of hydrogen-bond acceptors (Lipinski definition) is 2. The summed E-state index contributed by atoms with van der Waals surface area (Å²) in [6.45, 7) is 10.0. The van der Waals surface area contributed by atoms with E-state index >= 15 is 0 Å². The highest BCUT2D eigenvalue weighted by atomic mass is 15.3. The summed E-state index contributed by atoms with van der Waals surface area (Å²) in [5.41, 5.74) is 6.93. The molecular formula is C11H18N2. The molecule has 1 aliphatic rings. The Morgan fingerprint density at radius 3 is 2.69 bits per heavy atom. The molecule has 72 valence electrons. The Bertz CT molecular complexity index is 259. The lowest BCUT2D eigenvalue weighted by Gasteiger charge is -2.19. The van der Waals surface area contributed by atoms with Crippen LogP contribution in [-0.2, 0) is 0 Å². The van der Waals surface area contributed by atoms with Crippen LogP contribution in [0.4, 0.5) is 0 Å². The van der Waals surface area contributed by atoms with Crippen LogP contribution in [0, 0.1) is 5.92 Å². The van der Waals surface area contributed by atoms with Crippen molar-refractivity contribution in [3.63, 3.8) is 0 Å².